The number of aromatic carboxylic acids is 1. The number of nitrogens with zero attached hydrogens (tertiary/aromatic N) is 1. The Morgan fingerprint density at radius 3 is 2.53 bits per heavy atom. The number of carbonyl (C=O) groups is 1. The van der Waals surface area contributed by atoms with Gasteiger partial charge in [0.05, 0.1) is 12.0 Å². The molecular weight excluding hydrogens is 202 g/mol. The molecule has 0 aliphatic carbocycles. The highest BCUT2D eigenvalue weighted by Crippen LogP contribution is 2.32. The Labute approximate surface area is 85.2 Å². The zero-order valence-corrected chi connectivity index (χ0v) is 8.18. The molecule has 15 heavy (non-hydrogen) atoms. The van der Waals surface area contributed by atoms with Gasteiger partial charge in [0.25, 0.3) is 0 Å². The number of benzene rings is 1. The summed E-state index contributed by atoms with van der Waals surface area (Å²) in [6, 6.07) is 2.60. The average molecular weight is 211 g/mol. The van der Waals surface area contributed by atoms with E-state index in [1.54, 1.807) is 6.92 Å². The highest BCUT2D eigenvalue weighted by molar-refractivity contribution is 5.93. The third-order valence-electron chi connectivity index (χ3n) is 1.84. The fourth-order valence-corrected chi connectivity index (χ4v) is 1.26. The van der Waals surface area contributed by atoms with E-state index in [9.17, 15) is 14.9 Å². The standard InChI is InChI=1S/C9H9NO5/c1-5-3-6(9(11)12)8(15-2)7(4-5)10(13)14/h3-4H,1-2H3,(H,11,12). The van der Waals surface area contributed by atoms with Crippen LogP contribution in [0.5, 0.6) is 5.75 Å². The molecule has 0 unspecified atom stereocenters. The van der Waals surface area contributed by atoms with Crippen LogP contribution in [0.4, 0.5) is 5.69 Å². The van der Waals surface area contributed by atoms with Crippen molar-refractivity contribution in [3.05, 3.63) is 33.4 Å². The largest absolute Gasteiger partial charge is 0.490 e. The molecule has 0 atom stereocenters. The van der Waals surface area contributed by atoms with Crippen molar-refractivity contribution in [3.8, 4) is 5.75 Å². The first-order valence-electron chi connectivity index (χ1n) is 4.03. The quantitative estimate of drug-likeness (QED) is 0.605. The first kappa shape index (κ1) is 11.0. The molecule has 6 heteroatoms. The highest BCUT2D eigenvalue weighted by Gasteiger charge is 2.23. The van der Waals surface area contributed by atoms with Gasteiger partial charge in [0.2, 0.25) is 5.75 Å². The lowest BCUT2D eigenvalue weighted by atomic mass is 10.1. The van der Waals surface area contributed by atoms with Crippen LogP contribution in [0.25, 0.3) is 0 Å². The van der Waals surface area contributed by atoms with Crippen molar-refractivity contribution < 1.29 is 19.6 Å². The summed E-state index contributed by atoms with van der Waals surface area (Å²) in [6.45, 7) is 1.58. The lowest BCUT2D eigenvalue weighted by Gasteiger charge is -2.06. The Balaban J connectivity index is 3.52. The van der Waals surface area contributed by atoms with E-state index in [0.29, 0.717) is 5.56 Å². The maximum atomic E-state index is 10.8. The van der Waals surface area contributed by atoms with Crippen molar-refractivity contribution in [1.29, 1.82) is 0 Å². The number of ether oxygens (including phenoxy) is 1. The Kier molecular flexibility index (Phi) is 2.89. The third-order valence-corrected chi connectivity index (χ3v) is 1.84. The molecule has 0 fully saturated rings. The molecule has 1 aromatic rings. The summed E-state index contributed by atoms with van der Waals surface area (Å²) in [7, 11) is 1.20. The minimum absolute atomic E-state index is 0.204. The van der Waals surface area contributed by atoms with Crippen molar-refractivity contribution >= 4 is 11.7 Å². The van der Waals surface area contributed by atoms with E-state index < -0.39 is 10.9 Å². The van der Waals surface area contributed by atoms with Gasteiger partial charge in [-0.25, -0.2) is 4.79 Å². The van der Waals surface area contributed by atoms with Crippen molar-refractivity contribution in [2.75, 3.05) is 7.11 Å². The van der Waals surface area contributed by atoms with Crippen LogP contribution in [0, 0.1) is 17.0 Å². The van der Waals surface area contributed by atoms with Crippen LogP contribution in [-0.4, -0.2) is 23.1 Å². The molecule has 0 saturated carbocycles. The zero-order valence-electron chi connectivity index (χ0n) is 8.18. The molecule has 1 rings (SSSR count). The maximum Gasteiger partial charge on any atom is 0.339 e. The molecule has 0 bridgehead atoms. The SMILES string of the molecule is COc1c(C(=O)O)cc(C)cc1[N+](=O)[O-]. The van der Waals surface area contributed by atoms with Gasteiger partial charge in [-0.15, -0.1) is 0 Å². The summed E-state index contributed by atoms with van der Waals surface area (Å²) in [6.07, 6.45) is 0. The first-order chi connectivity index (χ1) is 6.97. The molecule has 1 aromatic carbocycles. The van der Waals surface area contributed by atoms with Crippen LogP contribution < -0.4 is 4.74 Å². The smallest absolute Gasteiger partial charge is 0.339 e. The van der Waals surface area contributed by atoms with Crippen LogP contribution in [-0.2, 0) is 0 Å². The van der Waals surface area contributed by atoms with Gasteiger partial charge in [-0.2, -0.15) is 0 Å². The molecule has 0 saturated heterocycles. The monoisotopic (exact) mass is 211 g/mol. The minimum Gasteiger partial charge on any atom is -0.490 e. The van der Waals surface area contributed by atoms with Gasteiger partial charge in [-0.3, -0.25) is 10.1 Å². The normalized spacial score (nSPS) is 9.73. The van der Waals surface area contributed by atoms with Crippen molar-refractivity contribution in [3.63, 3.8) is 0 Å². The molecule has 0 amide bonds. The molecule has 0 aliphatic heterocycles. The van der Waals surface area contributed by atoms with Crippen molar-refractivity contribution in [2.45, 2.75) is 6.92 Å². The molecule has 1 N–H and O–H groups in total. The second-order valence-electron chi connectivity index (χ2n) is 2.93. The Hall–Kier alpha value is -2.11. The molecule has 6 nitrogen and oxygen atoms in total. The van der Waals surface area contributed by atoms with Crippen LogP contribution in [0.3, 0.4) is 0 Å². The second-order valence-corrected chi connectivity index (χ2v) is 2.93. The predicted molar refractivity (Wildman–Crippen MR) is 51.3 cm³/mol. The molecule has 0 aromatic heterocycles. The fourth-order valence-electron chi connectivity index (χ4n) is 1.26. The molecule has 0 heterocycles. The molecule has 0 spiro atoms. The fraction of sp³-hybridized carbons (Fsp3) is 0.222. The van der Waals surface area contributed by atoms with E-state index in [0.717, 1.165) is 0 Å². The summed E-state index contributed by atoms with van der Waals surface area (Å²) in [5.74, 6) is -1.48. The van der Waals surface area contributed by atoms with Crippen molar-refractivity contribution in [2.24, 2.45) is 0 Å². The van der Waals surface area contributed by atoms with Crippen LogP contribution in [0.1, 0.15) is 15.9 Å². The van der Waals surface area contributed by atoms with E-state index in [2.05, 4.69) is 0 Å². The van der Waals surface area contributed by atoms with Crippen LogP contribution in [0.2, 0.25) is 0 Å². The molecule has 0 radical (unpaired) electrons. The van der Waals surface area contributed by atoms with E-state index >= 15 is 0 Å². The lowest BCUT2D eigenvalue weighted by molar-refractivity contribution is -0.385. The lowest BCUT2D eigenvalue weighted by Crippen LogP contribution is -2.04. The summed E-state index contributed by atoms with van der Waals surface area (Å²) in [5, 5.41) is 19.5. The number of nitro benzene ring substituents is 1. The number of nitro groups is 1. The maximum absolute atomic E-state index is 10.8. The van der Waals surface area contributed by atoms with E-state index in [1.165, 1.54) is 19.2 Å². The number of carboxylic acid groups (broad SMARTS) is 1. The molecular formula is C9H9NO5. The van der Waals surface area contributed by atoms with Crippen LogP contribution >= 0.6 is 0 Å². The summed E-state index contributed by atoms with van der Waals surface area (Å²) >= 11 is 0. The first-order valence-corrected chi connectivity index (χ1v) is 4.03. The van der Waals surface area contributed by atoms with Gasteiger partial charge >= 0.3 is 11.7 Å². The summed E-state index contributed by atoms with van der Waals surface area (Å²) in [5.41, 5.74) is -0.0426. The van der Waals surface area contributed by atoms with Gasteiger partial charge in [0.15, 0.2) is 0 Å². The summed E-state index contributed by atoms with van der Waals surface area (Å²) in [4.78, 5) is 20.8. The number of carboxylic acids is 1. The second kappa shape index (κ2) is 3.95. The van der Waals surface area contributed by atoms with E-state index in [4.69, 9.17) is 9.84 Å². The Bertz CT molecular complexity index is 392. The molecule has 80 valence electrons. The number of hydrogen-bond donors (Lipinski definition) is 1. The van der Waals surface area contributed by atoms with Gasteiger partial charge in [-0.1, -0.05) is 0 Å². The average Bonchev–Trinajstić information content (AvgIpc) is 2.16. The van der Waals surface area contributed by atoms with E-state index in [-0.39, 0.29) is 17.0 Å². The predicted octanol–water partition coefficient (Wildman–Crippen LogP) is 1.61. The number of methoxy groups -OCH3 is 1. The third kappa shape index (κ3) is 2.04. The number of hydrogen-bond acceptors (Lipinski definition) is 4. The van der Waals surface area contributed by atoms with Gasteiger partial charge in [0, 0.05) is 6.07 Å². The number of aryl methyl sites for hydroxylation is 1. The topological polar surface area (TPSA) is 89.7 Å². The van der Waals surface area contributed by atoms with Crippen LogP contribution in [0.15, 0.2) is 12.1 Å². The summed E-state index contributed by atoms with van der Waals surface area (Å²) < 4.78 is 4.73. The van der Waals surface area contributed by atoms with Gasteiger partial charge in [-0.05, 0) is 18.6 Å². The Morgan fingerprint density at radius 2 is 2.13 bits per heavy atom. The van der Waals surface area contributed by atoms with E-state index in [1.807, 2.05) is 0 Å². The Morgan fingerprint density at radius 1 is 1.53 bits per heavy atom. The van der Waals surface area contributed by atoms with Gasteiger partial charge in [0.1, 0.15) is 5.56 Å². The van der Waals surface area contributed by atoms with Gasteiger partial charge < -0.3 is 9.84 Å². The zero-order chi connectivity index (χ0) is 11.6. The highest BCUT2D eigenvalue weighted by atomic mass is 16.6. The molecule has 0 aliphatic rings. The van der Waals surface area contributed by atoms with Crippen molar-refractivity contribution in [1.82, 2.24) is 0 Å². The minimum atomic E-state index is -1.25. The number of rotatable bonds is 3.